The van der Waals surface area contributed by atoms with E-state index < -0.39 is 0 Å². The molecule has 1 heterocycles. The van der Waals surface area contributed by atoms with Gasteiger partial charge in [0.25, 0.3) is 0 Å². The molecule has 0 radical (unpaired) electrons. The average Bonchev–Trinajstić information content (AvgIpc) is 3.08. The first-order valence-electron chi connectivity index (χ1n) is 8.85. The molecular formula is C18H30N4S. The molecule has 2 unspecified atom stereocenters. The number of allylic oxidation sites excluding steroid dienone is 2. The minimum Gasteiger partial charge on any atom is -0.360 e. The molecule has 1 aliphatic carbocycles. The summed E-state index contributed by atoms with van der Waals surface area (Å²) < 4.78 is 2.13. The Labute approximate surface area is 146 Å². The van der Waals surface area contributed by atoms with Gasteiger partial charge in [-0.05, 0) is 57.2 Å². The minimum atomic E-state index is 0.435. The lowest BCUT2D eigenvalue weighted by atomic mass is 9.94. The van der Waals surface area contributed by atoms with Crippen LogP contribution in [0.25, 0.3) is 0 Å². The Morgan fingerprint density at radius 2 is 2.35 bits per heavy atom. The maximum atomic E-state index is 5.68. The van der Waals surface area contributed by atoms with Crippen LogP contribution < -0.4 is 5.32 Å². The Hall–Kier alpha value is -1.36. The van der Waals surface area contributed by atoms with Crippen LogP contribution in [-0.2, 0) is 6.54 Å². The first kappa shape index (κ1) is 18.0. The van der Waals surface area contributed by atoms with Crippen molar-refractivity contribution in [3.8, 4) is 0 Å². The van der Waals surface area contributed by atoms with Crippen LogP contribution in [0, 0.1) is 5.92 Å². The van der Waals surface area contributed by atoms with Crippen LogP contribution in [-0.4, -0.2) is 38.7 Å². The van der Waals surface area contributed by atoms with E-state index in [9.17, 15) is 0 Å². The van der Waals surface area contributed by atoms with Crippen molar-refractivity contribution in [1.82, 2.24) is 19.8 Å². The number of nitrogens with one attached hydrogen (secondary N) is 1. The van der Waals surface area contributed by atoms with Crippen LogP contribution in [0.2, 0.25) is 0 Å². The monoisotopic (exact) mass is 334 g/mol. The van der Waals surface area contributed by atoms with E-state index in [1.165, 1.54) is 19.3 Å². The normalized spacial score (nSPS) is 18.6. The lowest BCUT2D eigenvalue weighted by Gasteiger charge is -2.32. The molecule has 4 nitrogen and oxygen atoms in total. The summed E-state index contributed by atoms with van der Waals surface area (Å²) in [6.07, 6.45) is 16.2. The summed E-state index contributed by atoms with van der Waals surface area (Å²) in [7, 11) is 0. The molecule has 2 atom stereocenters. The van der Waals surface area contributed by atoms with Crippen LogP contribution in [0.3, 0.4) is 0 Å². The van der Waals surface area contributed by atoms with Crippen molar-refractivity contribution in [2.24, 2.45) is 5.92 Å². The van der Waals surface area contributed by atoms with E-state index in [1.54, 1.807) is 0 Å². The van der Waals surface area contributed by atoms with Gasteiger partial charge in [-0.1, -0.05) is 19.1 Å². The molecule has 0 bridgehead atoms. The fraction of sp³-hybridized carbons (Fsp3) is 0.667. The number of hydrogen-bond donors (Lipinski definition) is 1. The lowest BCUT2D eigenvalue weighted by Crippen LogP contribution is -2.46. The van der Waals surface area contributed by atoms with Crippen molar-refractivity contribution < 1.29 is 0 Å². The smallest absolute Gasteiger partial charge is 0.169 e. The molecule has 0 aliphatic heterocycles. The number of thiocarbonyl (C=S) groups is 1. The van der Waals surface area contributed by atoms with Crippen molar-refractivity contribution in [2.45, 2.75) is 58.5 Å². The Kier molecular flexibility index (Phi) is 7.59. The second-order valence-electron chi connectivity index (χ2n) is 6.51. The number of nitrogens with zero attached hydrogens (tertiary/aromatic N) is 3. The molecule has 0 amide bonds. The zero-order valence-electron chi connectivity index (χ0n) is 14.4. The van der Waals surface area contributed by atoms with Crippen LogP contribution in [0.4, 0.5) is 0 Å². The average molecular weight is 335 g/mol. The summed E-state index contributed by atoms with van der Waals surface area (Å²) in [4.78, 5) is 6.48. The van der Waals surface area contributed by atoms with Gasteiger partial charge in [0.1, 0.15) is 0 Å². The van der Waals surface area contributed by atoms with E-state index in [0.717, 1.165) is 43.5 Å². The van der Waals surface area contributed by atoms with Gasteiger partial charge in [0.2, 0.25) is 0 Å². The number of imidazole rings is 1. The molecule has 23 heavy (non-hydrogen) atoms. The molecule has 2 rings (SSSR count). The number of aromatic nitrogens is 2. The number of aryl methyl sites for hydroxylation is 1. The summed E-state index contributed by atoms with van der Waals surface area (Å²) in [6.45, 7) is 7.44. The van der Waals surface area contributed by atoms with Gasteiger partial charge in [-0.2, -0.15) is 0 Å². The van der Waals surface area contributed by atoms with Gasteiger partial charge in [0.05, 0.1) is 6.33 Å². The number of rotatable bonds is 8. The van der Waals surface area contributed by atoms with Crippen molar-refractivity contribution >= 4 is 17.3 Å². The molecule has 0 spiro atoms. The van der Waals surface area contributed by atoms with E-state index in [0.29, 0.717) is 6.04 Å². The molecule has 1 aromatic heterocycles. The third-order valence-corrected chi connectivity index (χ3v) is 4.91. The molecule has 0 saturated carbocycles. The minimum absolute atomic E-state index is 0.435. The van der Waals surface area contributed by atoms with E-state index in [2.05, 4.69) is 45.8 Å². The Bertz CT molecular complexity index is 483. The topological polar surface area (TPSA) is 33.1 Å². The van der Waals surface area contributed by atoms with Crippen molar-refractivity contribution in [3.63, 3.8) is 0 Å². The Balaban J connectivity index is 1.86. The third-order valence-electron chi connectivity index (χ3n) is 4.53. The summed E-state index contributed by atoms with van der Waals surface area (Å²) in [5.74, 6) is 0.727. The quantitative estimate of drug-likeness (QED) is 0.582. The molecule has 1 N–H and O–H groups in total. The SMILES string of the molecule is CCC(C)NC(=S)N(CCCn1ccnc1)CC1CC=CCC1. The molecule has 5 heteroatoms. The van der Waals surface area contributed by atoms with Gasteiger partial charge in [-0.25, -0.2) is 4.98 Å². The molecule has 0 aromatic carbocycles. The van der Waals surface area contributed by atoms with Gasteiger partial charge in [0.15, 0.2) is 5.11 Å². The van der Waals surface area contributed by atoms with Gasteiger partial charge < -0.3 is 14.8 Å². The van der Waals surface area contributed by atoms with Gasteiger partial charge in [-0.15, -0.1) is 0 Å². The zero-order valence-corrected chi connectivity index (χ0v) is 15.3. The van der Waals surface area contributed by atoms with E-state index >= 15 is 0 Å². The molecule has 1 aromatic rings. The Morgan fingerprint density at radius 1 is 1.48 bits per heavy atom. The van der Waals surface area contributed by atoms with Crippen LogP contribution >= 0.6 is 12.2 Å². The van der Waals surface area contributed by atoms with E-state index in [-0.39, 0.29) is 0 Å². The highest BCUT2D eigenvalue weighted by molar-refractivity contribution is 7.80. The fourth-order valence-corrected chi connectivity index (χ4v) is 3.24. The van der Waals surface area contributed by atoms with Crippen LogP contribution in [0.5, 0.6) is 0 Å². The van der Waals surface area contributed by atoms with Gasteiger partial charge in [-0.3, -0.25) is 0 Å². The molecule has 0 saturated heterocycles. The summed E-state index contributed by atoms with van der Waals surface area (Å²) in [5, 5.41) is 4.40. The summed E-state index contributed by atoms with van der Waals surface area (Å²) in [5.41, 5.74) is 0. The standard InChI is InChI=1S/C18H30N4S/c1-3-16(2)20-18(23)22(14-17-8-5-4-6-9-17)12-7-11-21-13-10-19-15-21/h4-5,10,13,15-17H,3,6-9,11-12,14H2,1-2H3,(H,20,23). The summed E-state index contributed by atoms with van der Waals surface area (Å²) >= 11 is 5.68. The second kappa shape index (κ2) is 9.71. The molecule has 128 valence electrons. The highest BCUT2D eigenvalue weighted by Crippen LogP contribution is 2.19. The fourth-order valence-electron chi connectivity index (χ4n) is 2.88. The maximum absolute atomic E-state index is 5.68. The van der Waals surface area contributed by atoms with E-state index in [4.69, 9.17) is 12.2 Å². The molecule has 1 aliphatic rings. The zero-order chi connectivity index (χ0) is 16.5. The van der Waals surface area contributed by atoms with Gasteiger partial charge >= 0.3 is 0 Å². The van der Waals surface area contributed by atoms with Gasteiger partial charge in [0, 0.05) is 38.1 Å². The highest BCUT2D eigenvalue weighted by atomic mass is 32.1. The largest absolute Gasteiger partial charge is 0.360 e. The van der Waals surface area contributed by atoms with Crippen molar-refractivity contribution in [3.05, 3.63) is 30.9 Å². The predicted octanol–water partition coefficient (Wildman–Crippen LogP) is 3.60. The second-order valence-corrected chi connectivity index (χ2v) is 6.90. The van der Waals surface area contributed by atoms with E-state index in [1.807, 2.05) is 18.7 Å². The Morgan fingerprint density at radius 3 is 3.00 bits per heavy atom. The summed E-state index contributed by atoms with van der Waals surface area (Å²) in [6, 6.07) is 0.435. The van der Waals surface area contributed by atoms with Crippen LogP contribution in [0.15, 0.2) is 30.9 Å². The number of hydrogen-bond acceptors (Lipinski definition) is 2. The first-order valence-corrected chi connectivity index (χ1v) is 9.26. The van der Waals surface area contributed by atoms with Crippen LogP contribution in [0.1, 0.15) is 46.0 Å². The molecule has 0 fully saturated rings. The lowest BCUT2D eigenvalue weighted by molar-refractivity contribution is 0.307. The highest BCUT2D eigenvalue weighted by Gasteiger charge is 2.17. The molecular weight excluding hydrogens is 304 g/mol. The first-order chi connectivity index (χ1) is 11.2. The van der Waals surface area contributed by atoms with Crippen molar-refractivity contribution in [1.29, 1.82) is 0 Å². The maximum Gasteiger partial charge on any atom is 0.169 e. The third kappa shape index (κ3) is 6.34. The predicted molar refractivity (Wildman–Crippen MR) is 100 cm³/mol. The van der Waals surface area contributed by atoms with Crippen molar-refractivity contribution in [2.75, 3.05) is 13.1 Å².